The van der Waals surface area contributed by atoms with E-state index in [0.29, 0.717) is 12.8 Å². The smallest absolute Gasteiger partial charge is 0.166 e. The second-order valence-electron chi connectivity index (χ2n) is 3.69. The van der Waals surface area contributed by atoms with E-state index in [2.05, 4.69) is 0 Å². The van der Waals surface area contributed by atoms with Gasteiger partial charge in [-0.3, -0.25) is 4.79 Å². The van der Waals surface area contributed by atoms with E-state index < -0.39 is 0 Å². The summed E-state index contributed by atoms with van der Waals surface area (Å²) < 4.78 is 5.09. The topological polar surface area (TPSA) is 43.4 Å². The molecule has 0 N–H and O–H groups in total. The number of carbonyl (C=O) groups is 2. The fourth-order valence-corrected chi connectivity index (χ4v) is 1.99. The van der Waals surface area contributed by atoms with Gasteiger partial charge in [-0.15, -0.1) is 0 Å². The molecule has 0 aromatic heterocycles. The number of fused-ring (bicyclic) bond motifs is 1. The molecule has 0 aliphatic heterocycles. The molecule has 0 saturated carbocycles. The molecule has 1 aliphatic rings. The van der Waals surface area contributed by atoms with Crippen molar-refractivity contribution in [2.45, 2.75) is 12.8 Å². The first kappa shape index (κ1) is 9.90. The van der Waals surface area contributed by atoms with Crippen LogP contribution in [0.25, 0.3) is 0 Å². The Kier molecular flexibility index (Phi) is 2.54. The van der Waals surface area contributed by atoms with Crippen LogP contribution in [0.5, 0.6) is 5.75 Å². The first-order chi connectivity index (χ1) is 7.26. The van der Waals surface area contributed by atoms with Crippen molar-refractivity contribution in [3.05, 3.63) is 29.3 Å². The molecule has 2 rings (SSSR count). The molecule has 0 bridgehead atoms. The summed E-state index contributed by atoms with van der Waals surface area (Å²) in [5.41, 5.74) is 1.73. The molecule has 15 heavy (non-hydrogen) atoms. The summed E-state index contributed by atoms with van der Waals surface area (Å²) in [5.74, 6) is 0.678. The third-order valence-electron chi connectivity index (χ3n) is 2.80. The summed E-state index contributed by atoms with van der Waals surface area (Å²) >= 11 is 0. The van der Waals surface area contributed by atoms with E-state index >= 15 is 0 Å². The number of methoxy groups -OCH3 is 1. The molecule has 3 heteroatoms. The Morgan fingerprint density at radius 2 is 2.33 bits per heavy atom. The van der Waals surface area contributed by atoms with Crippen LogP contribution in [0.1, 0.15) is 22.3 Å². The van der Waals surface area contributed by atoms with Gasteiger partial charge in [0.25, 0.3) is 0 Å². The van der Waals surface area contributed by atoms with Gasteiger partial charge in [0.1, 0.15) is 12.0 Å². The minimum absolute atomic E-state index is 0.0831. The number of carbonyl (C=O) groups excluding carboxylic acids is 2. The molecule has 0 fully saturated rings. The lowest BCUT2D eigenvalue weighted by molar-refractivity contribution is -0.108. The second-order valence-corrected chi connectivity index (χ2v) is 3.69. The van der Waals surface area contributed by atoms with Crippen molar-refractivity contribution in [2.24, 2.45) is 5.92 Å². The minimum atomic E-state index is -0.162. The summed E-state index contributed by atoms with van der Waals surface area (Å²) in [6.45, 7) is 0. The van der Waals surface area contributed by atoms with E-state index in [1.54, 1.807) is 19.2 Å². The Hall–Kier alpha value is -1.64. The fraction of sp³-hybridized carbons (Fsp3) is 0.333. The molecular formula is C12H12O3. The van der Waals surface area contributed by atoms with E-state index in [1.807, 2.05) is 6.07 Å². The van der Waals surface area contributed by atoms with Crippen LogP contribution >= 0.6 is 0 Å². The highest BCUT2D eigenvalue weighted by atomic mass is 16.5. The molecule has 1 aliphatic carbocycles. The predicted molar refractivity (Wildman–Crippen MR) is 55.2 cm³/mol. The van der Waals surface area contributed by atoms with E-state index in [1.165, 1.54) is 0 Å². The van der Waals surface area contributed by atoms with Gasteiger partial charge in [0.15, 0.2) is 5.78 Å². The Labute approximate surface area is 88.1 Å². The molecule has 3 nitrogen and oxygen atoms in total. The first-order valence-electron chi connectivity index (χ1n) is 4.91. The number of benzene rings is 1. The summed E-state index contributed by atoms with van der Waals surface area (Å²) in [6, 6.07) is 5.43. The maximum absolute atomic E-state index is 11.8. The van der Waals surface area contributed by atoms with Gasteiger partial charge in [-0.2, -0.15) is 0 Å². The number of ether oxygens (including phenoxy) is 1. The molecule has 1 atom stereocenters. The van der Waals surface area contributed by atoms with Gasteiger partial charge >= 0.3 is 0 Å². The standard InChI is InChI=1S/C12H12O3/c1-15-10-2-3-11-9(7-10)6-8(4-5-13)12(11)14/h2-3,5,7-8H,4,6H2,1H3. The van der Waals surface area contributed by atoms with Crippen molar-refractivity contribution in [1.82, 2.24) is 0 Å². The van der Waals surface area contributed by atoms with Crippen molar-refractivity contribution in [2.75, 3.05) is 7.11 Å². The highest BCUT2D eigenvalue weighted by Crippen LogP contribution is 2.30. The molecule has 0 radical (unpaired) electrons. The van der Waals surface area contributed by atoms with Crippen molar-refractivity contribution >= 4 is 12.1 Å². The Morgan fingerprint density at radius 1 is 1.53 bits per heavy atom. The van der Waals surface area contributed by atoms with Gasteiger partial charge in [-0.25, -0.2) is 0 Å². The Balaban J connectivity index is 2.32. The zero-order chi connectivity index (χ0) is 10.8. The molecule has 1 unspecified atom stereocenters. The lowest BCUT2D eigenvalue weighted by Crippen LogP contribution is -2.08. The van der Waals surface area contributed by atoms with Crippen molar-refractivity contribution in [1.29, 1.82) is 0 Å². The van der Waals surface area contributed by atoms with Crippen LogP contribution in [0, 0.1) is 5.92 Å². The average Bonchev–Trinajstić information content (AvgIpc) is 2.56. The van der Waals surface area contributed by atoms with E-state index in [4.69, 9.17) is 4.74 Å². The lowest BCUT2D eigenvalue weighted by Gasteiger charge is -2.01. The van der Waals surface area contributed by atoms with Crippen LogP contribution in [0.3, 0.4) is 0 Å². The Bertz CT molecular complexity index is 409. The summed E-state index contributed by atoms with van der Waals surface area (Å²) in [6.07, 6.45) is 1.78. The van der Waals surface area contributed by atoms with Crippen LogP contribution in [0.4, 0.5) is 0 Å². The molecule has 1 aromatic rings. The quantitative estimate of drug-likeness (QED) is 0.703. The number of ketones is 1. The highest BCUT2D eigenvalue weighted by Gasteiger charge is 2.30. The van der Waals surface area contributed by atoms with Gasteiger partial charge in [-0.1, -0.05) is 0 Å². The normalized spacial score (nSPS) is 18.7. The molecule has 1 aromatic carbocycles. The maximum atomic E-state index is 11.8. The molecule has 0 amide bonds. The van der Waals surface area contributed by atoms with Crippen molar-refractivity contribution < 1.29 is 14.3 Å². The Morgan fingerprint density at radius 3 is 3.00 bits per heavy atom. The van der Waals surface area contributed by atoms with E-state index in [9.17, 15) is 9.59 Å². The van der Waals surface area contributed by atoms with Crippen LogP contribution in [-0.2, 0) is 11.2 Å². The van der Waals surface area contributed by atoms with Gasteiger partial charge < -0.3 is 9.53 Å². The van der Waals surface area contributed by atoms with Crippen LogP contribution in [0.2, 0.25) is 0 Å². The number of rotatable bonds is 3. The van der Waals surface area contributed by atoms with Crippen molar-refractivity contribution in [3.63, 3.8) is 0 Å². The highest BCUT2D eigenvalue weighted by molar-refractivity contribution is 6.03. The fourth-order valence-electron chi connectivity index (χ4n) is 1.99. The molecule has 0 saturated heterocycles. The van der Waals surface area contributed by atoms with E-state index in [-0.39, 0.29) is 11.7 Å². The summed E-state index contributed by atoms with van der Waals surface area (Å²) in [7, 11) is 1.60. The number of hydrogen-bond acceptors (Lipinski definition) is 3. The molecule has 78 valence electrons. The van der Waals surface area contributed by atoms with Gasteiger partial charge in [0.2, 0.25) is 0 Å². The largest absolute Gasteiger partial charge is 0.497 e. The summed E-state index contributed by atoms with van der Waals surface area (Å²) in [4.78, 5) is 22.2. The monoisotopic (exact) mass is 204 g/mol. The maximum Gasteiger partial charge on any atom is 0.166 e. The first-order valence-corrected chi connectivity index (χ1v) is 4.91. The third-order valence-corrected chi connectivity index (χ3v) is 2.80. The lowest BCUT2D eigenvalue weighted by atomic mass is 10.0. The molecular weight excluding hydrogens is 192 g/mol. The van der Waals surface area contributed by atoms with Crippen LogP contribution < -0.4 is 4.74 Å². The summed E-state index contributed by atoms with van der Waals surface area (Å²) in [5, 5.41) is 0. The van der Waals surface area contributed by atoms with E-state index in [0.717, 1.165) is 23.2 Å². The number of hydrogen-bond donors (Lipinski definition) is 0. The third kappa shape index (κ3) is 1.65. The number of Topliss-reactive ketones (excluding diaryl/α,β-unsaturated/α-hetero) is 1. The van der Waals surface area contributed by atoms with Gasteiger partial charge in [0, 0.05) is 17.9 Å². The van der Waals surface area contributed by atoms with Gasteiger partial charge in [0.05, 0.1) is 7.11 Å². The average molecular weight is 204 g/mol. The SMILES string of the molecule is COc1ccc2c(c1)CC(CC=O)C2=O. The predicted octanol–water partition coefficient (Wildman–Crippen LogP) is 1.64. The molecule has 0 heterocycles. The minimum Gasteiger partial charge on any atom is -0.497 e. The van der Waals surface area contributed by atoms with Crippen LogP contribution in [-0.4, -0.2) is 19.2 Å². The molecule has 0 spiro atoms. The van der Waals surface area contributed by atoms with Crippen LogP contribution in [0.15, 0.2) is 18.2 Å². The second kappa shape index (κ2) is 3.85. The van der Waals surface area contributed by atoms with Crippen molar-refractivity contribution in [3.8, 4) is 5.75 Å². The zero-order valence-corrected chi connectivity index (χ0v) is 8.53. The zero-order valence-electron chi connectivity index (χ0n) is 8.53. The number of aldehydes is 1. The van der Waals surface area contributed by atoms with Gasteiger partial charge in [-0.05, 0) is 30.2 Å².